The van der Waals surface area contributed by atoms with Gasteiger partial charge in [-0.15, -0.1) is 16.4 Å². The second kappa shape index (κ2) is 9.26. The van der Waals surface area contributed by atoms with Gasteiger partial charge < -0.3 is 9.64 Å². The van der Waals surface area contributed by atoms with Crippen LogP contribution in [0.15, 0.2) is 71.0 Å². The Morgan fingerprint density at radius 3 is 2.68 bits per heavy atom. The van der Waals surface area contributed by atoms with Gasteiger partial charge in [0.2, 0.25) is 5.91 Å². The second-order valence-corrected chi connectivity index (χ2v) is 9.29. The molecule has 5 rings (SSSR count). The number of amides is 1. The van der Waals surface area contributed by atoms with E-state index in [0.717, 1.165) is 16.1 Å². The summed E-state index contributed by atoms with van der Waals surface area (Å²) < 4.78 is 8.36. The van der Waals surface area contributed by atoms with Gasteiger partial charge in [-0.2, -0.15) is 0 Å². The van der Waals surface area contributed by atoms with Crippen LogP contribution < -0.4 is 10.6 Å². The zero-order valence-corrected chi connectivity index (χ0v) is 19.5. The van der Waals surface area contributed by atoms with Crippen LogP contribution >= 0.6 is 11.3 Å². The van der Waals surface area contributed by atoms with E-state index in [1.54, 1.807) is 29.3 Å². The molecule has 0 spiro atoms. The smallest absolute Gasteiger partial charge is 0.350 e. The molecule has 0 bridgehead atoms. The van der Waals surface area contributed by atoms with E-state index in [4.69, 9.17) is 4.74 Å². The molecule has 1 saturated heterocycles. The van der Waals surface area contributed by atoms with Crippen molar-refractivity contribution in [1.82, 2.24) is 14.2 Å². The molecule has 2 atom stereocenters. The largest absolute Gasteiger partial charge is 0.463 e. The Bertz CT molecular complexity index is 1370. The molecule has 9 heteroatoms. The lowest BCUT2D eigenvalue weighted by Crippen LogP contribution is -2.45. The second-order valence-electron chi connectivity index (χ2n) is 8.31. The zero-order valence-electron chi connectivity index (χ0n) is 18.7. The molecular formula is C25H24N4O4S. The van der Waals surface area contributed by atoms with E-state index in [-0.39, 0.29) is 37.1 Å². The third-order valence-corrected chi connectivity index (χ3v) is 7.03. The SMILES string of the molecule is Cc1ccc(N2C(=O)CC[C@H](C(=O)OCCn3nc4ccccn4c3=O)[C@H]2c2cccs2)cc1. The Morgan fingerprint density at radius 1 is 1.12 bits per heavy atom. The van der Waals surface area contributed by atoms with Gasteiger partial charge in [0.25, 0.3) is 0 Å². The van der Waals surface area contributed by atoms with E-state index in [1.165, 1.54) is 20.4 Å². The van der Waals surface area contributed by atoms with Crippen LogP contribution in [0.5, 0.6) is 0 Å². The molecule has 1 aromatic carbocycles. The first-order valence-corrected chi connectivity index (χ1v) is 12.0. The highest BCUT2D eigenvalue weighted by Crippen LogP contribution is 2.42. The molecule has 34 heavy (non-hydrogen) atoms. The highest BCUT2D eigenvalue weighted by Gasteiger charge is 2.42. The lowest BCUT2D eigenvalue weighted by atomic mass is 9.87. The van der Waals surface area contributed by atoms with Gasteiger partial charge in [0, 0.05) is 23.2 Å². The van der Waals surface area contributed by atoms with E-state index in [2.05, 4.69) is 5.10 Å². The minimum Gasteiger partial charge on any atom is -0.463 e. The van der Waals surface area contributed by atoms with E-state index < -0.39 is 12.0 Å². The van der Waals surface area contributed by atoms with Crippen molar-refractivity contribution < 1.29 is 14.3 Å². The normalized spacial score (nSPS) is 18.4. The van der Waals surface area contributed by atoms with Crippen LogP contribution in [0.4, 0.5) is 5.69 Å². The maximum atomic E-state index is 13.2. The summed E-state index contributed by atoms with van der Waals surface area (Å²) in [6, 6.07) is 16.5. The van der Waals surface area contributed by atoms with Gasteiger partial charge in [-0.25, -0.2) is 9.48 Å². The van der Waals surface area contributed by atoms with Crippen molar-refractivity contribution in [3.8, 4) is 0 Å². The van der Waals surface area contributed by atoms with Crippen molar-refractivity contribution in [2.24, 2.45) is 5.92 Å². The summed E-state index contributed by atoms with van der Waals surface area (Å²) in [6.07, 6.45) is 2.33. The molecule has 0 aliphatic carbocycles. The van der Waals surface area contributed by atoms with Crippen molar-refractivity contribution in [3.63, 3.8) is 0 Å². The number of pyridine rings is 1. The summed E-state index contributed by atoms with van der Waals surface area (Å²) in [5.74, 6) is -0.891. The Balaban J connectivity index is 1.36. The van der Waals surface area contributed by atoms with Crippen molar-refractivity contribution in [2.75, 3.05) is 11.5 Å². The molecule has 0 unspecified atom stereocenters. The van der Waals surface area contributed by atoms with Crippen molar-refractivity contribution in [2.45, 2.75) is 32.4 Å². The molecule has 4 aromatic rings. The molecule has 1 amide bonds. The summed E-state index contributed by atoms with van der Waals surface area (Å²) in [4.78, 5) is 41.3. The molecule has 1 aliphatic rings. The number of rotatable bonds is 6. The van der Waals surface area contributed by atoms with Gasteiger partial charge in [-0.05, 0) is 49.1 Å². The number of aryl methyl sites for hydroxylation is 1. The fourth-order valence-electron chi connectivity index (χ4n) is 4.39. The van der Waals surface area contributed by atoms with Gasteiger partial charge in [0.05, 0.1) is 18.5 Å². The van der Waals surface area contributed by atoms with E-state index in [9.17, 15) is 14.4 Å². The summed E-state index contributed by atoms with van der Waals surface area (Å²) in [5.41, 5.74) is 2.12. The predicted octanol–water partition coefficient (Wildman–Crippen LogP) is 3.59. The molecule has 0 radical (unpaired) electrons. The van der Waals surface area contributed by atoms with Gasteiger partial charge in [0.1, 0.15) is 6.61 Å². The fourth-order valence-corrected chi connectivity index (χ4v) is 5.27. The summed E-state index contributed by atoms with van der Waals surface area (Å²) in [5, 5.41) is 6.21. The van der Waals surface area contributed by atoms with E-state index in [1.807, 2.05) is 48.7 Å². The third-order valence-electron chi connectivity index (χ3n) is 6.08. The maximum absolute atomic E-state index is 13.2. The van der Waals surface area contributed by atoms with Crippen LogP contribution in [0.1, 0.15) is 29.3 Å². The maximum Gasteiger partial charge on any atom is 0.350 e. The Labute approximate surface area is 200 Å². The summed E-state index contributed by atoms with van der Waals surface area (Å²) >= 11 is 1.52. The van der Waals surface area contributed by atoms with Gasteiger partial charge >= 0.3 is 11.7 Å². The summed E-state index contributed by atoms with van der Waals surface area (Å²) in [7, 11) is 0. The highest BCUT2D eigenvalue weighted by molar-refractivity contribution is 7.10. The van der Waals surface area contributed by atoms with Gasteiger partial charge in [-0.3, -0.25) is 14.0 Å². The van der Waals surface area contributed by atoms with Gasteiger partial charge in [0.15, 0.2) is 5.65 Å². The molecule has 1 fully saturated rings. The zero-order chi connectivity index (χ0) is 23.7. The fraction of sp³-hybridized carbons (Fsp3) is 0.280. The number of thiophene rings is 1. The van der Waals surface area contributed by atoms with Crippen LogP contribution in [0.2, 0.25) is 0 Å². The first-order chi connectivity index (χ1) is 16.5. The molecule has 3 aromatic heterocycles. The van der Waals surface area contributed by atoms with Crippen LogP contribution in [-0.2, 0) is 20.9 Å². The monoisotopic (exact) mass is 476 g/mol. The van der Waals surface area contributed by atoms with E-state index >= 15 is 0 Å². The minimum absolute atomic E-state index is 0.0115. The Kier molecular flexibility index (Phi) is 6.02. The molecular weight excluding hydrogens is 452 g/mol. The number of benzene rings is 1. The standard InChI is InChI=1S/C25H24N4O4S/c1-17-7-9-18(10-8-17)29-22(30)12-11-19(23(29)20-5-4-16-34-20)24(31)33-15-14-28-25(32)27-13-3-2-6-21(27)26-28/h2-10,13,16,19,23H,11-12,14-15H2,1H3/t19-,23-/m0/s1. The number of esters is 1. The van der Waals surface area contributed by atoms with Crippen molar-refractivity contribution in [3.05, 3.63) is 87.1 Å². The number of piperidine rings is 1. The molecule has 4 heterocycles. The first-order valence-electron chi connectivity index (χ1n) is 11.2. The number of ether oxygens (including phenoxy) is 1. The summed E-state index contributed by atoms with van der Waals surface area (Å²) in [6.45, 7) is 2.17. The number of hydrogen-bond acceptors (Lipinski definition) is 6. The number of fused-ring (bicyclic) bond motifs is 1. The lowest BCUT2D eigenvalue weighted by Gasteiger charge is -2.39. The van der Waals surface area contributed by atoms with Gasteiger partial charge in [-0.1, -0.05) is 29.8 Å². The topological polar surface area (TPSA) is 85.9 Å². The lowest BCUT2D eigenvalue weighted by molar-refractivity contribution is -0.151. The average molecular weight is 477 g/mol. The minimum atomic E-state index is -0.504. The number of carbonyl (C=O) groups is 2. The van der Waals surface area contributed by atoms with Crippen LogP contribution in [0.25, 0.3) is 5.65 Å². The molecule has 0 N–H and O–H groups in total. The Hall–Kier alpha value is -3.72. The number of hydrogen-bond donors (Lipinski definition) is 0. The van der Waals surface area contributed by atoms with Crippen LogP contribution in [0, 0.1) is 12.8 Å². The molecule has 0 saturated carbocycles. The highest BCUT2D eigenvalue weighted by atomic mass is 32.1. The van der Waals surface area contributed by atoms with Crippen molar-refractivity contribution in [1.29, 1.82) is 0 Å². The predicted molar refractivity (Wildman–Crippen MR) is 129 cm³/mol. The van der Waals surface area contributed by atoms with Crippen molar-refractivity contribution >= 4 is 34.5 Å². The van der Waals surface area contributed by atoms with E-state index in [0.29, 0.717) is 12.1 Å². The van der Waals surface area contributed by atoms with Crippen LogP contribution in [0.3, 0.4) is 0 Å². The molecule has 174 valence electrons. The quantitative estimate of drug-likeness (QED) is 0.397. The first kappa shape index (κ1) is 22.1. The number of aromatic nitrogens is 3. The number of carbonyl (C=O) groups excluding carboxylic acids is 2. The Morgan fingerprint density at radius 2 is 1.94 bits per heavy atom. The average Bonchev–Trinajstić information content (AvgIpc) is 3.48. The number of nitrogens with zero attached hydrogens (tertiary/aromatic N) is 4. The number of anilines is 1. The molecule has 8 nitrogen and oxygen atoms in total. The van der Waals surface area contributed by atoms with Crippen LogP contribution in [-0.4, -0.2) is 32.7 Å². The molecule has 1 aliphatic heterocycles. The third kappa shape index (κ3) is 4.14.